The molecule has 21 heavy (non-hydrogen) atoms. The number of carbonyl (C=O) groups excluding carboxylic acids is 1. The van der Waals surface area contributed by atoms with Crippen molar-refractivity contribution in [3.05, 3.63) is 29.0 Å². The minimum Gasteiger partial charge on any atom is -0.496 e. The predicted octanol–water partition coefficient (Wildman–Crippen LogP) is 1.91. The van der Waals surface area contributed by atoms with Crippen LogP contribution < -0.4 is 10.5 Å². The molecular weight excluding hydrogens is 289 g/mol. The van der Waals surface area contributed by atoms with Gasteiger partial charge in [-0.15, -0.1) is 0 Å². The minimum absolute atomic E-state index is 0.0428. The maximum atomic E-state index is 13.1. The van der Waals surface area contributed by atoms with E-state index in [0.29, 0.717) is 0 Å². The van der Waals surface area contributed by atoms with Gasteiger partial charge in [-0.25, -0.2) is 0 Å². The molecule has 3 N–H and O–H groups in total. The Balaban J connectivity index is 2.69. The third kappa shape index (κ3) is 2.67. The van der Waals surface area contributed by atoms with Crippen molar-refractivity contribution in [2.75, 3.05) is 7.11 Å². The van der Waals surface area contributed by atoms with Crippen molar-refractivity contribution in [2.45, 2.75) is 13.1 Å². The normalized spacial score (nSPS) is 11.5. The summed E-state index contributed by atoms with van der Waals surface area (Å²) in [6.45, 7) is 1.46. The van der Waals surface area contributed by atoms with Crippen molar-refractivity contribution in [3.8, 4) is 17.0 Å². The Morgan fingerprint density at radius 3 is 2.52 bits per heavy atom. The van der Waals surface area contributed by atoms with Crippen LogP contribution in [0.25, 0.3) is 11.3 Å². The Labute approximate surface area is 117 Å². The monoisotopic (exact) mass is 300 g/mol. The van der Waals surface area contributed by atoms with Crippen LogP contribution in [0.15, 0.2) is 12.1 Å². The summed E-state index contributed by atoms with van der Waals surface area (Å²) in [5.41, 5.74) is 4.20. The molecule has 0 spiro atoms. The van der Waals surface area contributed by atoms with Gasteiger partial charge in [0.15, 0.2) is 5.69 Å². The molecule has 9 heteroatoms. The number of primary amides is 1. The number of nitrogens with zero attached hydrogens (tertiary/aromatic N) is 2. The van der Waals surface area contributed by atoms with Gasteiger partial charge < -0.3 is 10.5 Å². The summed E-state index contributed by atoms with van der Waals surface area (Å²) in [5, 5.41) is 9.39. The molecule has 0 saturated heterocycles. The molecule has 1 aromatic carbocycles. The van der Waals surface area contributed by atoms with Crippen LogP contribution >= 0.6 is 0 Å². The van der Waals surface area contributed by atoms with Gasteiger partial charge in [0.2, 0.25) is 0 Å². The Morgan fingerprint density at radius 2 is 2.00 bits per heavy atom. The van der Waals surface area contributed by atoms with Crippen LogP contribution in [0.3, 0.4) is 0 Å². The number of hydrogen-bond donors (Lipinski definition) is 2. The molecule has 0 bridgehead atoms. The Hall–Kier alpha value is -2.58. The Morgan fingerprint density at radius 1 is 1.33 bits per heavy atom. The highest BCUT2D eigenvalue weighted by molar-refractivity contribution is 5.96. The summed E-state index contributed by atoms with van der Waals surface area (Å²) in [6, 6.07) is 2.26. The van der Waals surface area contributed by atoms with E-state index in [9.17, 15) is 18.0 Å². The molecule has 0 aliphatic heterocycles. The van der Waals surface area contributed by atoms with Gasteiger partial charge in [-0.05, 0) is 24.6 Å². The van der Waals surface area contributed by atoms with Crippen molar-refractivity contribution in [1.82, 2.24) is 15.4 Å². The zero-order chi connectivity index (χ0) is 15.8. The fourth-order valence-electron chi connectivity index (χ4n) is 2.00. The van der Waals surface area contributed by atoms with E-state index < -0.39 is 17.6 Å². The second-order valence-corrected chi connectivity index (χ2v) is 4.26. The number of ether oxygens (including phenoxy) is 1. The second kappa shape index (κ2) is 5.08. The van der Waals surface area contributed by atoms with E-state index in [1.807, 2.05) is 0 Å². The number of methoxy groups -OCH3 is 1. The number of rotatable bonds is 3. The molecule has 2 rings (SSSR count). The quantitative estimate of drug-likeness (QED) is 0.905. The average Bonchev–Trinajstić information content (AvgIpc) is 2.85. The van der Waals surface area contributed by atoms with E-state index in [1.165, 1.54) is 13.0 Å². The summed E-state index contributed by atoms with van der Waals surface area (Å²) in [7, 11) is 1.15. The second-order valence-electron chi connectivity index (χ2n) is 4.26. The number of nitrogens with two attached hydrogens (primary N) is 1. The summed E-state index contributed by atoms with van der Waals surface area (Å²) >= 11 is 0. The number of alkyl halides is 3. The number of halogens is 3. The van der Waals surface area contributed by atoms with Crippen molar-refractivity contribution in [2.24, 2.45) is 5.73 Å². The van der Waals surface area contributed by atoms with E-state index in [-0.39, 0.29) is 28.3 Å². The van der Waals surface area contributed by atoms with E-state index in [2.05, 4.69) is 15.4 Å². The van der Waals surface area contributed by atoms with Gasteiger partial charge in [0, 0.05) is 5.56 Å². The van der Waals surface area contributed by atoms with Crippen molar-refractivity contribution in [3.63, 3.8) is 0 Å². The first kappa shape index (κ1) is 14.8. The molecule has 0 aliphatic carbocycles. The summed E-state index contributed by atoms with van der Waals surface area (Å²) in [6.07, 6.45) is -4.61. The standard InChI is InChI=1S/C12H11F3N4O2/c1-5-3-6(8-9(11(16)20)18-19-17-8)4-7(10(5)21-2)12(13,14)15/h3-4H,1-2H3,(H2,16,20)(H,17,18,19). The van der Waals surface area contributed by atoms with Gasteiger partial charge in [0.25, 0.3) is 5.91 Å². The summed E-state index contributed by atoms with van der Waals surface area (Å²) in [4.78, 5) is 11.2. The van der Waals surface area contributed by atoms with Crippen LogP contribution in [-0.2, 0) is 6.18 Å². The third-order valence-corrected chi connectivity index (χ3v) is 2.84. The zero-order valence-corrected chi connectivity index (χ0v) is 11.1. The van der Waals surface area contributed by atoms with E-state index in [4.69, 9.17) is 10.5 Å². The molecule has 0 fully saturated rings. The number of amides is 1. The fourth-order valence-corrected chi connectivity index (χ4v) is 2.00. The van der Waals surface area contributed by atoms with Gasteiger partial charge >= 0.3 is 6.18 Å². The lowest BCUT2D eigenvalue weighted by Crippen LogP contribution is -2.13. The molecule has 1 heterocycles. The summed E-state index contributed by atoms with van der Waals surface area (Å²) in [5.74, 6) is -1.17. The first-order chi connectivity index (χ1) is 9.75. The van der Waals surface area contributed by atoms with E-state index in [1.54, 1.807) is 0 Å². The van der Waals surface area contributed by atoms with Gasteiger partial charge in [0.1, 0.15) is 11.4 Å². The van der Waals surface area contributed by atoms with Gasteiger partial charge in [-0.3, -0.25) is 4.79 Å². The predicted molar refractivity (Wildman–Crippen MR) is 66.6 cm³/mol. The maximum Gasteiger partial charge on any atom is 0.419 e. The van der Waals surface area contributed by atoms with Gasteiger partial charge in [-0.1, -0.05) is 0 Å². The molecule has 0 atom stereocenters. The minimum atomic E-state index is -4.61. The molecule has 1 amide bonds. The van der Waals surface area contributed by atoms with Crippen molar-refractivity contribution < 1.29 is 22.7 Å². The molecular formula is C12H11F3N4O2. The summed E-state index contributed by atoms with van der Waals surface area (Å²) < 4.78 is 44.0. The van der Waals surface area contributed by atoms with E-state index >= 15 is 0 Å². The van der Waals surface area contributed by atoms with Crippen LogP contribution in [0.2, 0.25) is 0 Å². The number of hydrogen-bond acceptors (Lipinski definition) is 4. The number of aryl methyl sites for hydroxylation is 1. The van der Waals surface area contributed by atoms with Crippen molar-refractivity contribution in [1.29, 1.82) is 0 Å². The van der Waals surface area contributed by atoms with Crippen LogP contribution in [0.4, 0.5) is 13.2 Å². The fraction of sp³-hybridized carbons (Fsp3) is 0.250. The number of nitrogens with one attached hydrogen (secondary N) is 1. The third-order valence-electron chi connectivity index (χ3n) is 2.84. The van der Waals surface area contributed by atoms with Crippen LogP contribution in [0.1, 0.15) is 21.6 Å². The first-order valence-corrected chi connectivity index (χ1v) is 5.72. The topological polar surface area (TPSA) is 93.9 Å². The lowest BCUT2D eigenvalue weighted by molar-refractivity contribution is -0.138. The number of aromatic amines is 1. The lowest BCUT2D eigenvalue weighted by atomic mass is 10.0. The van der Waals surface area contributed by atoms with Crippen LogP contribution in [0.5, 0.6) is 5.75 Å². The molecule has 1 aromatic heterocycles. The Bertz CT molecular complexity index is 694. The highest BCUT2D eigenvalue weighted by Gasteiger charge is 2.36. The number of benzene rings is 1. The van der Waals surface area contributed by atoms with Gasteiger partial charge in [0.05, 0.1) is 12.7 Å². The molecule has 0 radical (unpaired) electrons. The molecule has 2 aromatic rings. The molecule has 0 unspecified atom stereocenters. The maximum absolute atomic E-state index is 13.1. The van der Waals surface area contributed by atoms with Crippen LogP contribution in [-0.4, -0.2) is 28.4 Å². The SMILES string of the molecule is COc1c(C)cc(-c2n[nH]nc2C(N)=O)cc1C(F)(F)F. The average molecular weight is 300 g/mol. The molecule has 112 valence electrons. The first-order valence-electron chi connectivity index (χ1n) is 5.72. The highest BCUT2D eigenvalue weighted by atomic mass is 19.4. The molecule has 0 aliphatic rings. The lowest BCUT2D eigenvalue weighted by Gasteiger charge is -2.15. The number of aromatic nitrogens is 3. The van der Waals surface area contributed by atoms with Crippen molar-refractivity contribution >= 4 is 5.91 Å². The molecule has 6 nitrogen and oxygen atoms in total. The largest absolute Gasteiger partial charge is 0.496 e. The number of carbonyl (C=O) groups is 1. The van der Waals surface area contributed by atoms with Gasteiger partial charge in [-0.2, -0.15) is 28.6 Å². The van der Waals surface area contributed by atoms with E-state index in [0.717, 1.165) is 13.2 Å². The Kier molecular flexibility index (Phi) is 3.58. The van der Waals surface area contributed by atoms with Crippen LogP contribution in [0, 0.1) is 6.92 Å². The zero-order valence-electron chi connectivity index (χ0n) is 11.1. The smallest absolute Gasteiger partial charge is 0.419 e. The molecule has 0 saturated carbocycles. The number of H-pyrrole nitrogens is 1. The highest BCUT2D eigenvalue weighted by Crippen LogP contribution is 2.40.